The van der Waals surface area contributed by atoms with Gasteiger partial charge in [-0.3, -0.25) is 19.2 Å². The Morgan fingerprint density at radius 3 is 1.02 bits per heavy atom. The van der Waals surface area contributed by atoms with Crippen molar-refractivity contribution < 1.29 is 105 Å². The predicted molar refractivity (Wildman–Crippen MR) is 304 cm³/mol. The quantitative estimate of drug-likeness (QED) is 0.0525. The van der Waals surface area contributed by atoms with E-state index in [0.29, 0.717) is 115 Å². The molecule has 0 saturated heterocycles. The Hall–Kier alpha value is -6.29. The van der Waals surface area contributed by atoms with Crippen molar-refractivity contribution in [1.82, 2.24) is 16.0 Å². The Morgan fingerprint density at radius 1 is 0.459 bits per heavy atom. The van der Waals surface area contributed by atoms with E-state index in [1.807, 2.05) is 18.2 Å². The summed E-state index contributed by atoms with van der Waals surface area (Å²) in [6.07, 6.45) is -9.09. The van der Waals surface area contributed by atoms with Crippen LogP contribution < -0.4 is 45.5 Å². The molecule has 0 bridgehead atoms. The van der Waals surface area contributed by atoms with Crippen LogP contribution >= 0.6 is 0 Å². The van der Waals surface area contributed by atoms with Gasteiger partial charge in [-0.25, -0.2) is 0 Å². The van der Waals surface area contributed by atoms with Crippen molar-refractivity contribution in [3.05, 3.63) is 177 Å². The van der Waals surface area contributed by atoms with E-state index < -0.39 is 47.4 Å². The second-order valence-corrected chi connectivity index (χ2v) is 21.3. The van der Waals surface area contributed by atoms with Crippen molar-refractivity contribution in [3.8, 4) is 33.4 Å². The maximum absolute atomic E-state index is 13.1. The Bertz CT molecular complexity index is 3100. The summed E-state index contributed by atoms with van der Waals surface area (Å²) in [6, 6.07) is 33.3. The Balaban J connectivity index is 0.000000327. The van der Waals surface area contributed by atoms with Gasteiger partial charge in [0.25, 0.3) is 0 Å². The molecule has 0 heterocycles. The van der Waals surface area contributed by atoms with Crippen molar-refractivity contribution in [2.45, 2.75) is 129 Å². The number of aliphatic hydroxyl groups is 3. The minimum absolute atomic E-state index is 0. The second kappa shape index (κ2) is 31.9. The molecule has 21 heteroatoms. The first-order valence-corrected chi connectivity index (χ1v) is 27.2. The zero-order chi connectivity index (χ0) is 60.8. The van der Waals surface area contributed by atoms with Crippen molar-refractivity contribution in [3.63, 3.8) is 0 Å². The molecule has 449 valence electrons. The number of amides is 3. The van der Waals surface area contributed by atoms with Crippen molar-refractivity contribution in [1.29, 1.82) is 0 Å². The van der Waals surface area contributed by atoms with Crippen LogP contribution in [-0.4, -0.2) is 66.6 Å². The SMILES string of the molecule is CO.Cc1cc(-c2cccc(CNC(=O)C3CCC(=O)C3)c2)cc(C(F)(F)F)c1.Cc1cc(-c2cccc(CNC(=O)C3CCC(O)C3)c2)cc(C(F)(F)F)c1.Cc1cc(-c2cccc(CNC(=O)C3CCC(O)C3)c2)cc(C(F)(F)F)c1.[B].[H-].[Na+]. The third-order valence-corrected chi connectivity index (χ3v) is 14.6. The number of nitrogens with one attached hydrogen (secondary N) is 3. The van der Waals surface area contributed by atoms with Gasteiger partial charge in [0.2, 0.25) is 17.7 Å². The van der Waals surface area contributed by atoms with Crippen LogP contribution in [0.4, 0.5) is 39.5 Å². The Kier molecular flexibility index (Phi) is 26.7. The topological polar surface area (TPSA) is 165 Å². The Labute approximate surface area is 514 Å². The van der Waals surface area contributed by atoms with Crippen LogP contribution in [0.2, 0.25) is 0 Å². The summed E-state index contributed by atoms with van der Waals surface area (Å²) in [7, 11) is 1.00. The second-order valence-electron chi connectivity index (χ2n) is 21.3. The van der Waals surface area contributed by atoms with E-state index in [0.717, 1.165) is 60.2 Å². The van der Waals surface area contributed by atoms with E-state index in [1.165, 1.54) is 0 Å². The number of hydrogen-bond acceptors (Lipinski definition) is 7. The fraction of sp³-hybridized carbons (Fsp3) is 0.375. The average molecular weight is 1200 g/mol. The molecular formula is C64H69BF9N3NaO7. The number of Topliss-reactive ketones (excluding diaryl/α,β-unsaturated/α-hetero) is 1. The molecule has 9 rings (SSSR count). The third kappa shape index (κ3) is 21.6. The molecule has 3 aliphatic rings. The molecule has 3 aliphatic carbocycles. The summed E-state index contributed by atoms with van der Waals surface area (Å²) < 4.78 is 118. The summed E-state index contributed by atoms with van der Waals surface area (Å²) in [5.41, 5.74) is 5.49. The minimum Gasteiger partial charge on any atom is -1.00 e. The van der Waals surface area contributed by atoms with Crippen molar-refractivity contribution in [2.75, 3.05) is 7.11 Å². The number of carbonyl (C=O) groups is 4. The minimum atomic E-state index is -4.40. The zero-order valence-corrected chi connectivity index (χ0v) is 50.0. The molecule has 3 saturated carbocycles. The van der Waals surface area contributed by atoms with E-state index in [1.54, 1.807) is 93.6 Å². The van der Waals surface area contributed by atoms with Gasteiger partial charge in [0.1, 0.15) is 5.78 Å². The van der Waals surface area contributed by atoms with Crippen LogP contribution in [-0.2, 0) is 57.3 Å². The van der Waals surface area contributed by atoms with Gasteiger partial charge in [0.15, 0.2) is 0 Å². The molecule has 5 unspecified atom stereocenters. The fourth-order valence-electron chi connectivity index (χ4n) is 10.4. The number of ketones is 1. The van der Waals surface area contributed by atoms with E-state index in [2.05, 4.69) is 16.0 Å². The molecule has 6 N–H and O–H groups in total. The standard InChI is InChI=1S/2C21H22F3NO2.C21H20F3NO2.CH4O.B.Na.H/c3*1-13-7-17(10-18(8-13)21(22,23)24)15-4-2-3-14(9-15)12-25-20(27)16-5-6-19(26)11-16;1-2;;;/h2*2-4,7-10,16,19,26H,5-6,11-12H2,1H3,(H,25,27);2-4,7-10,16H,5-6,11-12H2,1H3,(H,25,27);2H,1H3;;;/q;;;;;+1;-1. The molecule has 0 spiro atoms. The molecule has 3 fully saturated rings. The van der Waals surface area contributed by atoms with Crippen LogP contribution in [0.3, 0.4) is 0 Å². The number of carbonyl (C=O) groups excluding carboxylic acids is 4. The number of halogens is 9. The third-order valence-electron chi connectivity index (χ3n) is 14.6. The maximum atomic E-state index is 13.1. The van der Waals surface area contributed by atoms with Gasteiger partial charge in [0.05, 0.1) is 28.9 Å². The van der Waals surface area contributed by atoms with Crippen LogP contribution in [0.5, 0.6) is 0 Å². The number of benzene rings is 6. The maximum Gasteiger partial charge on any atom is 1.00 e. The number of aliphatic hydroxyl groups excluding tert-OH is 3. The molecule has 6 aromatic carbocycles. The van der Waals surface area contributed by atoms with E-state index in [9.17, 15) is 68.9 Å². The number of hydrogen-bond donors (Lipinski definition) is 6. The number of rotatable bonds is 12. The van der Waals surface area contributed by atoms with Crippen LogP contribution in [0.1, 0.15) is 109 Å². The predicted octanol–water partition coefficient (Wildman–Crippen LogP) is 9.93. The summed E-state index contributed by atoms with van der Waals surface area (Å²) in [6.45, 7) is 5.78. The molecule has 3 radical (unpaired) electrons. The average Bonchev–Trinajstić information content (AvgIpc) is 3.27. The van der Waals surface area contributed by atoms with Gasteiger partial charge in [0, 0.05) is 65.8 Å². The van der Waals surface area contributed by atoms with Crippen LogP contribution in [0.15, 0.2) is 127 Å². The molecule has 0 aliphatic heterocycles. The van der Waals surface area contributed by atoms with E-state index in [-0.39, 0.29) is 93.6 Å². The number of alkyl halides is 9. The molecule has 5 atom stereocenters. The molecular weight excluding hydrogens is 1130 g/mol. The smallest absolute Gasteiger partial charge is 1.00 e. The van der Waals surface area contributed by atoms with E-state index >= 15 is 0 Å². The summed E-state index contributed by atoms with van der Waals surface area (Å²) in [4.78, 5) is 47.8. The van der Waals surface area contributed by atoms with Crippen molar-refractivity contribution in [2.24, 2.45) is 17.8 Å². The number of aryl methyl sites for hydroxylation is 3. The first-order chi connectivity index (χ1) is 39.2. The normalized spacial score (nSPS) is 18.2. The summed E-state index contributed by atoms with van der Waals surface area (Å²) in [5.74, 6) is -0.840. The first kappa shape index (κ1) is 71.2. The van der Waals surface area contributed by atoms with Crippen LogP contribution in [0.25, 0.3) is 33.4 Å². The largest absolute Gasteiger partial charge is 1.00 e. The molecule has 6 aromatic rings. The Morgan fingerprint density at radius 2 is 0.765 bits per heavy atom. The molecule has 85 heavy (non-hydrogen) atoms. The monoisotopic (exact) mass is 1200 g/mol. The van der Waals surface area contributed by atoms with Crippen LogP contribution in [0, 0.1) is 38.5 Å². The van der Waals surface area contributed by atoms with Gasteiger partial charge in [-0.1, -0.05) is 72.8 Å². The van der Waals surface area contributed by atoms with Gasteiger partial charge in [-0.05, 0) is 187 Å². The summed E-state index contributed by atoms with van der Waals surface area (Å²) >= 11 is 0. The molecule has 10 nitrogen and oxygen atoms in total. The fourth-order valence-corrected chi connectivity index (χ4v) is 10.4. The summed E-state index contributed by atoms with van der Waals surface area (Å²) in [5, 5.41) is 34.6. The van der Waals surface area contributed by atoms with Gasteiger partial charge >= 0.3 is 48.1 Å². The first-order valence-electron chi connectivity index (χ1n) is 27.2. The molecule has 3 amide bonds. The molecule has 0 aromatic heterocycles. The van der Waals surface area contributed by atoms with E-state index in [4.69, 9.17) is 5.11 Å². The van der Waals surface area contributed by atoms with Gasteiger partial charge < -0.3 is 32.7 Å². The zero-order valence-electron chi connectivity index (χ0n) is 49.0. The van der Waals surface area contributed by atoms with Gasteiger partial charge in [-0.15, -0.1) is 0 Å². The van der Waals surface area contributed by atoms with Crippen molar-refractivity contribution >= 4 is 31.9 Å². The van der Waals surface area contributed by atoms with Gasteiger partial charge in [-0.2, -0.15) is 39.5 Å².